The Labute approximate surface area is 192 Å². The van der Waals surface area contributed by atoms with Gasteiger partial charge in [-0.2, -0.15) is 0 Å². The highest BCUT2D eigenvalue weighted by Crippen LogP contribution is 2.20. The minimum Gasteiger partial charge on any atom is -0.481 e. The summed E-state index contributed by atoms with van der Waals surface area (Å²) in [4.78, 5) is 40.8. The highest BCUT2D eigenvalue weighted by Gasteiger charge is 2.22. The smallest absolute Gasteiger partial charge is 0.410 e. The molecule has 8 nitrogen and oxygen atoms in total. The van der Waals surface area contributed by atoms with E-state index in [1.165, 1.54) is 4.90 Å². The Hall–Kier alpha value is -3.55. The maximum atomic E-state index is 12.5. The van der Waals surface area contributed by atoms with Crippen molar-refractivity contribution in [3.8, 4) is 5.69 Å². The first-order valence-corrected chi connectivity index (χ1v) is 11.0. The number of H-pyrrole nitrogens is 1. The van der Waals surface area contributed by atoms with E-state index < -0.39 is 23.6 Å². The van der Waals surface area contributed by atoms with Crippen LogP contribution in [0.4, 0.5) is 4.79 Å². The highest BCUT2D eigenvalue weighted by atomic mass is 16.6. The zero-order chi connectivity index (χ0) is 24.2. The number of aromatic nitrogens is 2. The van der Waals surface area contributed by atoms with Gasteiger partial charge >= 0.3 is 17.8 Å². The fourth-order valence-corrected chi connectivity index (χ4v) is 3.74. The van der Waals surface area contributed by atoms with Gasteiger partial charge in [0.05, 0.1) is 22.6 Å². The van der Waals surface area contributed by atoms with Crippen LogP contribution in [0.15, 0.2) is 53.3 Å². The molecule has 0 saturated carbocycles. The number of hydrogen-bond acceptors (Lipinski definition) is 4. The maximum absolute atomic E-state index is 12.5. The number of amides is 1. The van der Waals surface area contributed by atoms with Crippen LogP contribution in [0.5, 0.6) is 0 Å². The number of carbonyl (C=O) groups is 2. The van der Waals surface area contributed by atoms with E-state index in [1.807, 2.05) is 48.5 Å². The van der Waals surface area contributed by atoms with Gasteiger partial charge in [-0.05, 0) is 69.9 Å². The Morgan fingerprint density at radius 3 is 2.58 bits per heavy atom. The van der Waals surface area contributed by atoms with Gasteiger partial charge in [0.25, 0.3) is 0 Å². The Morgan fingerprint density at radius 2 is 1.88 bits per heavy atom. The number of nitrogens with zero attached hydrogens (tertiary/aromatic N) is 2. The topological polar surface area (TPSA) is 105 Å². The average molecular weight is 454 g/mol. The number of carbonyl (C=O) groups excluding carboxylic acids is 1. The minimum absolute atomic E-state index is 0.242. The summed E-state index contributed by atoms with van der Waals surface area (Å²) in [5.74, 6) is -1.49. The molecular weight excluding hydrogens is 422 g/mol. The fraction of sp³-hybridized carbons (Fsp3) is 0.400. The van der Waals surface area contributed by atoms with E-state index in [9.17, 15) is 19.5 Å². The second-order valence-electron chi connectivity index (χ2n) is 9.24. The molecule has 0 bridgehead atoms. The number of imidazole rings is 1. The molecule has 176 valence electrons. The number of nitrogens with one attached hydrogen (secondary N) is 1. The van der Waals surface area contributed by atoms with Crippen molar-refractivity contribution in [1.29, 1.82) is 0 Å². The molecule has 1 atom stereocenters. The van der Waals surface area contributed by atoms with E-state index in [1.54, 1.807) is 32.4 Å². The molecule has 0 spiro atoms. The standard InChI is InChI=1S/C25H31N3O5/c1-25(2,3)33-24(32)27(4)14-8-10-18(22(29)30)15-17-9-7-11-19(16-17)28-21-13-6-5-12-20(21)26-23(28)31/h5-7,9,11-13,16,18H,8,10,14-15H2,1-4H3,(H,26,31)(H,29,30). The number of aliphatic carboxylic acids is 1. The van der Waals surface area contributed by atoms with Gasteiger partial charge in [-0.25, -0.2) is 9.59 Å². The van der Waals surface area contributed by atoms with Crippen LogP contribution in [-0.2, 0) is 16.0 Å². The Balaban J connectivity index is 1.68. The van der Waals surface area contributed by atoms with E-state index >= 15 is 0 Å². The molecule has 0 radical (unpaired) electrons. The molecule has 0 aliphatic carbocycles. The van der Waals surface area contributed by atoms with Gasteiger partial charge < -0.3 is 19.7 Å². The minimum atomic E-state index is -0.885. The third-order valence-electron chi connectivity index (χ3n) is 5.34. The lowest BCUT2D eigenvalue weighted by Crippen LogP contribution is -2.35. The summed E-state index contributed by atoms with van der Waals surface area (Å²) >= 11 is 0. The van der Waals surface area contributed by atoms with Gasteiger partial charge in [0.1, 0.15) is 5.60 Å². The molecule has 1 aromatic heterocycles. The lowest BCUT2D eigenvalue weighted by Gasteiger charge is -2.25. The summed E-state index contributed by atoms with van der Waals surface area (Å²) < 4.78 is 6.92. The van der Waals surface area contributed by atoms with Crippen molar-refractivity contribution in [2.75, 3.05) is 13.6 Å². The summed E-state index contributed by atoms with van der Waals surface area (Å²) in [7, 11) is 1.65. The third kappa shape index (κ3) is 6.25. The summed E-state index contributed by atoms with van der Waals surface area (Å²) in [6.07, 6.45) is 0.857. The third-order valence-corrected chi connectivity index (χ3v) is 5.34. The first-order chi connectivity index (χ1) is 15.5. The van der Waals surface area contributed by atoms with E-state index in [4.69, 9.17) is 4.74 Å². The summed E-state index contributed by atoms with van der Waals surface area (Å²) in [5.41, 5.74) is 2.20. The predicted molar refractivity (Wildman–Crippen MR) is 127 cm³/mol. The first kappa shape index (κ1) is 24.1. The van der Waals surface area contributed by atoms with E-state index in [-0.39, 0.29) is 5.69 Å². The second-order valence-corrected chi connectivity index (χ2v) is 9.24. The molecular formula is C25H31N3O5. The van der Waals surface area contributed by atoms with Gasteiger partial charge in [0, 0.05) is 13.6 Å². The lowest BCUT2D eigenvalue weighted by molar-refractivity contribution is -0.142. The van der Waals surface area contributed by atoms with Crippen LogP contribution in [0.25, 0.3) is 16.7 Å². The van der Waals surface area contributed by atoms with Crippen molar-refractivity contribution < 1.29 is 19.4 Å². The van der Waals surface area contributed by atoms with Gasteiger partial charge in [0.2, 0.25) is 0 Å². The maximum Gasteiger partial charge on any atom is 0.410 e. The molecule has 1 heterocycles. The van der Waals surface area contributed by atoms with Crippen molar-refractivity contribution in [3.63, 3.8) is 0 Å². The molecule has 1 unspecified atom stereocenters. The normalized spacial score (nSPS) is 12.5. The van der Waals surface area contributed by atoms with Gasteiger partial charge in [0.15, 0.2) is 0 Å². The average Bonchev–Trinajstić information content (AvgIpc) is 3.07. The van der Waals surface area contributed by atoms with Crippen LogP contribution >= 0.6 is 0 Å². The summed E-state index contributed by atoms with van der Waals surface area (Å²) in [6.45, 7) is 5.82. The fourth-order valence-electron chi connectivity index (χ4n) is 3.74. The lowest BCUT2D eigenvalue weighted by atomic mass is 9.94. The molecule has 3 rings (SSSR count). The number of hydrogen-bond donors (Lipinski definition) is 2. The number of benzene rings is 2. The molecule has 0 fully saturated rings. The van der Waals surface area contributed by atoms with Crippen molar-refractivity contribution in [1.82, 2.24) is 14.5 Å². The number of carboxylic acid groups (broad SMARTS) is 1. The van der Waals surface area contributed by atoms with Crippen LogP contribution < -0.4 is 5.69 Å². The van der Waals surface area contributed by atoms with Crippen molar-refractivity contribution in [3.05, 3.63) is 64.6 Å². The predicted octanol–water partition coefficient (Wildman–Crippen LogP) is 4.21. The Bertz CT molecular complexity index is 1190. The molecule has 33 heavy (non-hydrogen) atoms. The summed E-state index contributed by atoms with van der Waals surface area (Å²) in [5, 5.41) is 9.74. The molecule has 0 aliphatic heterocycles. The van der Waals surface area contributed by atoms with E-state index in [0.29, 0.717) is 31.5 Å². The van der Waals surface area contributed by atoms with Crippen molar-refractivity contribution in [2.45, 2.75) is 45.6 Å². The molecule has 3 aromatic rings. The Morgan fingerprint density at radius 1 is 1.15 bits per heavy atom. The van der Waals surface area contributed by atoms with Crippen LogP contribution in [0.3, 0.4) is 0 Å². The van der Waals surface area contributed by atoms with Crippen LogP contribution in [0.1, 0.15) is 39.2 Å². The summed E-state index contributed by atoms with van der Waals surface area (Å²) in [6, 6.07) is 14.8. The monoisotopic (exact) mass is 453 g/mol. The molecule has 8 heteroatoms. The van der Waals surface area contributed by atoms with Crippen LogP contribution in [-0.4, -0.2) is 50.8 Å². The number of aromatic amines is 1. The number of rotatable bonds is 8. The van der Waals surface area contributed by atoms with Gasteiger partial charge in [-0.1, -0.05) is 24.3 Å². The highest BCUT2D eigenvalue weighted by molar-refractivity contribution is 5.77. The van der Waals surface area contributed by atoms with E-state index in [0.717, 1.165) is 16.6 Å². The number of ether oxygens (including phenoxy) is 1. The molecule has 0 saturated heterocycles. The van der Waals surface area contributed by atoms with Crippen LogP contribution in [0, 0.1) is 5.92 Å². The van der Waals surface area contributed by atoms with Crippen molar-refractivity contribution in [2.24, 2.45) is 5.92 Å². The SMILES string of the molecule is CN(CCCC(Cc1cccc(-n2c(=O)[nH]c3ccccc32)c1)C(=O)O)C(=O)OC(C)(C)C. The largest absolute Gasteiger partial charge is 0.481 e. The molecule has 1 amide bonds. The second kappa shape index (κ2) is 9.94. The molecule has 2 N–H and O–H groups in total. The van der Waals surface area contributed by atoms with E-state index in [2.05, 4.69) is 4.98 Å². The zero-order valence-electron chi connectivity index (χ0n) is 19.5. The molecule has 0 aliphatic rings. The molecule has 2 aromatic carbocycles. The zero-order valence-corrected chi connectivity index (χ0v) is 19.5. The number of para-hydroxylation sites is 2. The quantitative estimate of drug-likeness (QED) is 0.532. The first-order valence-electron chi connectivity index (χ1n) is 11.0. The van der Waals surface area contributed by atoms with Crippen molar-refractivity contribution >= 4 is 23.1 Å². The van der Waals surface area contributed by atoms with Crippen LogP contribution in [0.2, 0.25) is 0 Å². The number of carboxylic acids is 1. The Kier molecular flexibility index (Phi) is 7.26. The number of fused-ring (bicyclic) bond motifs is 1. The van der Waals surface area contributed by atoms with Gasteiger partial charge in [-0.3, -0.25) is 9.36 Å². The van der Waals surface area contributed by atoms with Gasteiger partial charge in [-0.15, -0.1) is 0 Å².